The van der Waals surface area contributed by atoms with Crippen molar-refractivity contribution < 1.29 is 4.42 Å². The zero-order chi connectivity index (χ0) is 38.1. The van der Waals surface area contributed by atoms with E-state index in [2.05, 4.69) is 212 Å². The standard InChI is InChI=1S/C53H41N2OSi/c1-2-37(36-55-50-27-14-12-26-46(50)53(54-55)40-31-29-39(30-32-40)38-17-6-3-7-18-38)47-34-49-45-25-13-15-28-51(45)56-52(49)35-48(47)41-19-16-24-44(33-41)57(42-20-8-4-9-21-42)43-22-10-5-11-23-43/h3-35,37H,2,36H2,1H3. The van der Waals surface area contributed by atoms with Crippen molar-refractivity contribution in [1.29, 1.82) is 0 Å². The van der Waals surface area contributed by atoms with Crippen LogP contribution in [0.3, 0.4) is 0 Å². The highest BCUT2D eigenvalue weighted by molar-refractivity contribution is 6.95. The third kappa shape index (κ3) is 6.58. The van der Waals surface area contributed by atoms with Gasteiger partial charge >= 0.3 is 0 Å². The molecule has 1 unspecified atom stereocenters. The molecule has 0 saturated heterocycles. The molecule has 2 heterocycles. The minimum Gasteiger partial charge on any atom is -0.456 e. The molecule has 0 saturated carbocycles. The van der Waals surface area contributed by atoms with Crippen LogP contribution < -0.4 is 15.6 Å². The van der Waals surface area contributed by atoms with Crippen LogP contribution in [0.1, 0.15) is 24.8 Å². The topological polar surface area (TPSA) is 31.0 Å². The van der Waals surface area contributed by atoms with Crippen molar-refractivity contribution in [2.75, 3.05) is 0 Å². The molecular formula is C53H41N2OSi. The monoisotopic (exact) mass is 749 g/mol. The molecule has 0 N–H and O–H groups in total. The maximum Gasteiger partial charge on any atom is 0.154 e. The molecule has 0 fully saturated rings. The summed E-state index contributed by atoms with van der Waals surface area (Å²) < 4.78 is 8.80. The van der Waals surface area contributed by atoms with Gasteiger partial charge in [0.05, 0.1) is 5.52 Å². The van der Waals surface area contributed by atoms with Crippen LogP contribution in [0.15, 0.2) is 205 Å². The summed E-state index contributed by atoms with van der Waals surface area (Å²) in [5.74, 6) is 0.186. The third-order valence-electron chi connectivity index (χ3n) is 11.4. The zero-order valence-electron chi connectivity index (χ0n) is 31.8. The fourth-order valence-electron chi connectivity index (χ4n) is 8.51. The van der Waals surface area contributed by atoms with Gasteiger partial charge in [0, 0.05) is 34.2 Å². The third-order valence-corrected chi connectivity index (χ3v) is 14.1. The molecule has 0 aliphatic rings. The summed E-state index contributed by atoms with van der Waals surface area (Å²) in [5.41, 5.74) is 11.3. The maximum atomic E-state index is 6.55. The molecule has 8 aromatic carbocycles. The fourth-order valence-corrected chi connectivity index (χ4v) is 11.1. The van der Waals surface area contributed by atoms with E-state index in [4.69, 9.17) is 9.52 Å². The first-order valence-corrected chi connectivity index (χ1v) is 21.4. The number of fused-ring (bicyclic) bond motifs is 4. The Kier molecular flexibility index (Phi) is 9.17. The molecule has 1 radical (unpaired) electrons. The van der Waals surface area contributed by atoms with E-state index in [-0.39, 0.29) is 5.92 Å². The predicted octanol–water partition coefficient (Wildman–Crippen LogP) is 11.6. The minimum absolute atomic E-state index is 0.186. The SMILES string of the molecule is CCC(Cn1nc(-c2ccc(-c3ccccc3)cc2)c2ccccc21)c1cc2c(cc1-c1cccc([Si](c3ccccc3)c3ccccc3)c1)oc1ccccc12. The van der Waals surface area contributed by atoms with Crippen LogP contribution in [0.5, 0.6) is 0 Å². The van der Waals surface area contributed by atoms with Gasteiger partial charge in [-0.25, -0.2) is 0 Å². The van der Waals surface area contributed by atoms with Gasteiger partial charge in [0.25, 0.3) is 0 Å². The number of nitrogens with zero attached hydrogens (tertiary/aromatic N) is 2. The van der Waals surface area contributed by atoms with Crippen LogP contribution in [0, 0.1) is 0 Å². The lowest BCUT2D eigenvalue weighted by Crippen LogP contribution is -2.51. The highest BCUT2D eigenvalue weighted by Gasteiger charge is 2.24. The minimum atomic E-state index is -1.26. The Morgan fingerprint density at radius 2 is 1.07 bits per heavy atom. The van der Waals surface area contributed by atoms with Gasteiger partial charge in [-0.05, 0) is 58.5 Å². The molecule has 2 aromatic heterocycles. The number of aromatic nitrogens is 2. The highest BCUT2D eigenvalue weighted by Crippen LogP contribution is 2.40. The number of furan rings is 1. The predicted molar refractivity (Wildman–Crippen MR) is 240 cm³/mol. The van der Waals surface area contributed by atoms with Crippen molar-refractivity contribution in [3.63, 3.8) is 0 Å². The Morgan fingerprint density at radius 1 is 0.491 bits per heavy atom. The van der Waals surface area contributed by atoms with Crippen molar-refractivity contribution in [2.45, 2.75) is 25.8 Å². The number of para-hydroxylation sites is 2. The van der Waals surface area contributed by atoms with Crippen molar-refractivity contribution in [3.8, 4) is 33.5 Å². The van der Waals surface area contributed by atoms with E-state index in [1.54, 1.807) is 0 Å². The zero-order valence-corrected chi connectivity index (χ0v) is 32.8. The van der Waals surface area contributed by atoms with Gasteiger partial charge in [-0.15, -0.1) is 0 Å². The van der Waals surface area contributed by atoms with Crippen LogP contribution >= 0.6 is 0 Å². The Hall–Kier alpha value is -6.75. The van der Waals surface area contributed by atoms with Crippen molar-refractivity contribution in [2.24, 2.45) is 0 Å². The van der Waals surface area contributed by atoms with Crippen LogP contribution in [-0.2, 0) is 6.54 Å². The van der Waals surface area contributed by atoms with E-state index in [9.17, 15) is 0 Å². The van der Waals surface area contributed by atoms with E-state index in [0.717, 1.165) is 51.7 Å². The number of hydrogen-bond acceptors (Lipinski definition) is 2. The molecule has 273 valence electrons. The normalized spacial score (nSPS) is 12.2. The van der Waals surface area contributed by atoms with Gasteiger partial charge in [-0.3, -0.25) is 4.68 Å². The number of hydrogen-bond donors (Lipinski definition) is 0. The van der Waals surface area contributed by atoms with Crippen molar-refractivity contribution >= 4 is 57.2 Å². The summed E-state index contributed by atoms with van der Waals surface area (Å²) in [5, 5.41) is 13.0. The molecule has 10 aromatic rings. The van der Waals surface area contributed by atoms with Crippen LogP contribution in [0.2, 0.25) is 0 Å². The second-order valence-electron chi connectivity index (χ2n) is 14.8. The van der Waals surface area contributed by atoms with E-state index in [1.807, 2.05) is 0 Å². The van der Waals surface area contributed by atoms with Gasteiger partial charge in [0.2, 0.25) is 0 Å². The lowest BCUT2D eigenvalue weighted by atomic mass is 9.87. The van der Waals surface area contributed by atoms with Crippen LogP contribution in [0.4, 0.5) is 0 Å². The Balaban J connectivity index is 1.09. The largest absolute Gasteiger partial charge is 0.456 e. The molecule has 4 heteroatoms. The van der Waals surface area contributed by atoms with E-state index < -0.39 is 8.80 Å². The van der Waals surface area contributed by atoms with Gasteiger partial charge in [-0.1, -0.05) is 198 Å². The molecule has 0 spiro atoms. The van der Waals surface area contributed by atoms with E-state index in [0.29, 0.717) is 0 Å². The Bertz CT molecular complexity index is 2930. The van der Waals surface area contributed by atoms with Gasteiger partial charge in [-0.2, -0.15) is 5.10 Å². The summed E-state index contributed by atoms with van der Waals surface area (Å²) in [6.07, 6.45) is 0.951. The number of benzene rings is 8. The van der Waals surface area contributed by atoms with Crippen LogP contribution in [0.25, 0.3) is 66.4 Å². The number of rotatable bonds is 10. The molecule has 3 nitrogen and oxygen atoms in total. The van der Waals surface area contributed by atoms with Gasteiger partial charge in [0.1, 0.15) is 16.9 Å². The average molecular weight is 750 g/mol. The Morgan fingerprint density at radius 3 is 1.79 bits per heavy atom. The van der Waals surface area contributed by atoms with E-state index in [1.165, 1.54) is 48.8 Å². The Labute approximate surface area is 335 Å². The second-order valence-corrected chi connectivity index (χ2v) is 17.3. The van der Waals surface area contributed by atoms with Gasteiger partial charge < -0.3 is 4.42 Å². The molecule has 0 bridgehead atoms. The van der Waals surface area contributed by atoms with Crippen molar-refractivity contribution in [1.82, 2.24) is 9.78 Å². The van der Waals surface area contributed by atoms with Crippen molar-refractivity contribution in [3.05, 3.63) is 206 Å². The molecule has 0 amide bonds. The first-order chi connectivity index (χ1) is 28.2. The maximum absolute atomic E-state index is 6.55. The summed E-state index contributed by atoms with van der Waals surface area (Å²) in [7, 11) is -1.26. The lowest BCUT2D eigenvalue weighted by Gasteiger charge is -2.22. The van der Waals surface area contributed by atoms with Gasteiger partial charge in [0.15, 0.2) is 8.80 Å². The smallest absolute Gasteiger partial charge is 0.154 e. The molecule has 0 aliphatic heterocycles. The fraction of sp³-hybridized carbons (Fsp3) is 0.0755. The summed E-state index contributed by atoms with van der Waals surface area (Å²) in [6.45, 7) is 3.06. The second kappa shape index (κ2) is 15.1. The molecule has 0 aliphatic carbocycles. The molecule has 10 rings (SSSR count). The quantitative estimate of drug-likeness (QED) is 0.103. The molecular weight excluding hydrogens is 709 g/mol. The first kappa shape index (κ1) is 34.7. The molecule has 1 atom stereocenters. The summed E-state index contributed by atoms with van der Waals surface area (Å²) in [6, 6.07) is 72.5. The summed E-state index contributed by atoms with van der Waals surface area (Å²) >= 11 is 0. The average Bonchev–Trinajstić information content (AvgIpc) is 3.84. The lowest BCUT2D eigenvalue weighted by molar-refractivity contribution is 0.518. The first-order valence-electron chi connectivity index (χ1n) is 19.9. The van der Waals surface area contributed by atoms with Crippen LogP contribution in [-0.4, -0.2) is 18.6 Å². The molecule has 57 heavy (non-hydrogen) atoms. The highest BCUT2D eigenvalue weighted by atomic mass is 28.3. The summed E-state index contributed by atoms with van der Waals surface area (Å²) in [4.78, 5) is 0. The van der Waals surface area contributed by atoms with E-state index >= 15 is 0 Å².